The van der Waals surface area contributed by atoms with Crippen LogP contribution in [0.5, 0.6) is 0 Å². The van der Waals surface area contributed by atoms with Crippen LogP contribution in [-0.2, 0) is 9.47 Å². The fourth-order valence-electron chi connectivity index (χ4n) is 5.12. The summed E-state index contributed by atoms with van der Waals surface area (Å²) in [5.41, 5.74) is 1.40. The molecule has 182 valence electrons. The quantitative estimate of drug-likeness (QED) is 0.429. The lowest BCUT2D eigenvalue weighted by molar-refractivity contribution is 0.0257. The molecule has 0 spiro atoms. The largest absolute Gasteiger partial charge is 0.379 e. The second-order valence-electron chi connectivity index (χ2n) is 9.38. The molecule has 2 bridgehead atoms. The molecule has 0 radical (unpaired) electrons. The molecule has 3 heterocycles. The SMILES string of the molecule is c1ccc2cc3cc(C4CN5CCOCCNCCNCCOCCN4CC5)ccc3cc2c1. The second-order valence-corrected chi connectivity index (χ2v) is 9.38. The van der Waals surface area contributed by atoms with E-state index in [0.717, 1.165) is 85.3 Å². The minimum atomic E-state index is 0.367. The molecule has 3 fully saturated rings. The summed E-state index contributed by atoms with van der Waals surface area (Å²) in [7, 11) is 0. The van der Waals surface area contributed by atoms with Crippen molar-refractivity contribution in [1.29, 1.82) is 0 Å². The van der Waals surface area contributed by atoms with E-state index >= 15 is 0 Å². The molecule has 0 amide bonds. The third-order valence-electron chi connectivity index (χ3n) is 7.09. The monoisotopic (exact) mass is 462 g/mol. The Morgan fingerprint density at radius 1 is 0.618 bits per heavy atom. The van der Waals surface area contributed by atoms with Gasteiger partial charge in [0.25, 0.3) is 0 Å². The van der Waals surface area contributed by atoms with E-state index in [2.05, 4.69) is 75.0 Å². The summed E-state index contributed by atoms with van der Waals surface area (Å²) in [4.78, 5) is 5.17. The summed E-state index contributed by atoms with van der Waals surface area (Å²) in [6.45, 7) is 11.9. The number of nitrogens with one attached hydrogen (secondary N) is 2. The number of benzene rings is 3. The summed E-state index contributed by atoms with van der Waals surface area (Å²) < 4.78 is 11.9. The molecular formula is C28H38N4O2. The number of ether oxygens (including phenoxy) is 2. The highest BCUT2D eigenvalue weighted by Crippen LogP contribution is 2.30. The van der Waals surface area contributed by atoms with Crippen molar-refractivity contribution in [2.75, 3.05) is 85.3 Å². The van der Waals surface area contributed by atoms with Gasteiger partial charge >= 0.3 is 0 Å². The highest BCUT2D eigenvalue weighted by Gasteiger charge is 2.28. The molecule has 0 saturated carbocycles. The van der Waals surface area contributed by atoms with Gasteiger partial charge < -0.3 is 20.1 Å². The van der Waals surface area contributed by atoms with Crippen molar-refractivity contribution in [2.24, 2.45) is 0 Å². The first-order valence-corrected chi connectivity index (χ1v) is 12.8. The molecule has 6 rings (SSSR count). The average molecular weight is 463 g/mol. The van der Waals surface area contributed by atoms with Crippen molar-refractivity contribution >= 4 is 21.5 Å². The van der Waals surface area contributed by atoms with Gasteiger partial charge in [-0.1, -0.05) is 36.4 Å². The Morgan fingerprint density at radius 3 is 2.06 bits per heavy atom. The standard InChI is InChI=1S/C28H38N4O2/c1-2-4-24-20-27-21-26(6-5-25(27)19-23(24)3-1)28-22-31-11-12-32(28)14-18-34-16-10-30-8-7-29-9-15-33-17-13-31/h1-6,19-21,28-30H,7-18,22H2. The van der Waals surface area contributed by atoms with Crippen molar-refractivity contribution in [1.82, 2.24) is 20.4 Å². The van der Waals surface area contributed by atoms with Gasteiger partial charge in [0.05, 0.1) is 26.4 Å². The fraction of sp³-hybridized carbons (Fsp3) is 0.500. The first kappa shape index (κ1) is 23.7. The van der Waals surface area contributed by atoms with Crippen LogP contribution in [0.3, 0.4) is 0 Å². The maximum atomic E-state index is 5.97. The van der Waals surface area contributed by atoms with Gasteiger partial charge in [0, 0.05) is 64.9 Å². The van der Waals surface area contributed by atoms with Crippen LogP contribution in [0.25, 0.3) is 21.5 Å². The van der Waals surface area contributed by atoms with E-state index in [-0.39, 0.29) is 0 Å². The molecule has 3 aliphatic rings. The molecule has 3 aromatic carbocycles. The van der Waals surface area contributed by atoms with Crippen molar-refractivity contribution < 1.29 is 9.47 Å². The van der Waals surface area contributed by atoms with E-state index in [1.54, 1.807) is 0 Å². The van der Waals surface area contributed by atoms with E-state index in [9.17, 15) is 0 Å². The van der Waals surface area contributed by atoms with Crippen molar-refractivity contribution in [2.45, 2.75) is 6.04 Å². The van der Waals surface area contributed by atoms with Gasteiger partial charge in [0.1, 0.15) is 0 Å². The van der Waals surface area contributed by atoms with E-state index in [1.165, 1.54) is 27.1 Å². The third kappa shape index (κ3) is 6.13. The van der Waals surface area contributed by atoms with Gasteiger partial charge in [-0.2, -0.15) is 0 Å². The highest BCUT2D eigenvalue weighted by molar-refractivity contribution is 5.98. The van der Waals surface area contributed by atoms with E-state index in [4.69, 9.17) is 9.47 Å². The van der Waals surface area contributed by atoms with Crippen LogP contribution < -0.4 is 10.6 Å². The van der Waals surface area contributed by atoms with Crippen LogP contribution in [0.15, 0.2) is 54.6 Å². The van der Waals surface area contributed by atoms with Crippen LogP contribution in [-0.4, -0.2) is 95.1 Å². The Bertz CT molecular complexity index is 1050. The molecule has 6 heteroatoms. The first-order chi connectivity index (χ1) is 16.9. The predicted octanol–water partition coefficient (Wildman–Crippen LogP) is 2.88. The molecule has 0 aromatic heterocycles. The van der Waals surface area contributed by atoms with Gasteiger partial charge in [0.15, 0.2) is 0 Å². The normalized spacial score (nSPS) is 26.3. The van der Waals surface area contributed by atoms with Crippen molar-refractivity contribution in [3.63, 3.8) is 0 Å². The van der Waals surface area contributed by atoms with Gasteiger partial charge in [0.2, 0.25) is 0 Å². The minimum absolute atomic E-state index is 0.367. The first-order valence-electron chi connectivity index (χ1n) is 12.8. The molecule has 2 N–H and O–H groups in total. The third-order valence-corrected chi connectivity index (χ3v) is 7.09. The lowest BCUT2D eigenvalue weighted by Gasteiger charge is -2.41. The van der Waals surface area contributed by atoms with E-state index < -0.39 is 0 Å². The topological polar surface area (TPSA) is 49.0 Å². The van der Waals surface area contributed by atoms with Gasteiger partial charge in [-0.3, -0.25) is 9.80 Å². The Balaban J connectivity index is 1.34. The van der Waals surface area contributed by atoms with Crippen LogP contribution >= 0.6 is 0 Å². The number of rotatable bonds is 1. The number of nitrogens with zero attached hydrogens (tertiary/aromatic N) is 2. The molecule has 3 aromatic rings. The molecule has 3 aliphatic heterocycles. The molecule has 6 nitrogen and oxygen atoms in total. The van der Waals surface area contributed by atoms with E-state index in [1.807, 2.05) is 0 Å². The summed E-state index contributed by atoms with van der Waals surface area (Å²) in [5, 5.41) is 12.1. The number of hydrogen-bond acceptors (Lipinski definition) is 6. The number of piperazine rings is 1. The van der Waals surface area contributed by atoms with Crippen LogP contribution in [0, 0.1) is 0 Å². The zero-order chi connectivity index (χ0) is 23.0. The molecule has 0 aliphatic carbocycles. The zero-order valence-corrected chi connectivity index (χ0v) is 20.2. The summed E-state index contributed by atoms with van der Waals surface area (Å²) in [5.74, 6) is 0. The average Bonchev–Trinajstić information content (AvgIpc) is 2.87. The summed E-state index contributed by atoms with van der Waals surface area (Å²) >= 11 is 0. The predicted molar refractivity (Wildman–Crippen MR) is 140 cm³/mol. The lowest BCUT2D eigenvalue weighted by atomic mass is 9.96. The van der Waals surface area contributed by atoms with Gasteiger partial charge in [-0.15, -0.1) is 0 Å². The Kier molecular flexibility index (Phi) is 8.40. The van der Waals surface area contributed by atoms with Gasteiger partial charge in [-0.05, 0) is 45.3 Å². The molecule has 34 heavy (non-hydrogen) atoms. The van der Waals surface area contributed by atoms with Crippen LogP contribution in [0.4, 0.5) is 0 Å². The second kappa shape index (κ2) is 12.1. The smallest absolute Gasteiger partial charge is 0.0594 e. The molecule has 3 unspecified atom stereocenters. The number of fused-ring (bicyclic) bond motifs is 17. The van der Waals surface area contributed by atoms with E-state index in [0.29, 0.717) is 6.04 Å². The Hall–Kier alpha value is -2.06. The Labute approximate surface area is 203 Å². The lowest BCUT2D eigenvalue weighted by Crippen LogP contribution is -2.50. The van der Waals surface area contributed by atoms with Gasteiger partial charge in [-0.25, -0.2) is 0 Å². The van der Waals surface area contributed by atoms with Crippen LogP contribution in [0.2, 0.25) is 0 Å². The summed E-state index contributed by atoms with van der Waals surface area (Å²) in [6.07, 6.45) is 0. The van der Waals surface area contributed by atoms with Crippen LogP contribution in [0.1, 0.15) is 11.6 Å². The maximum Gasteiger partial charge on any atom is 0.0594 e. The zero-order valence-electron chi connectivity index (χ0n) is 20.2. The molecule has 3 saturated heterocycles. The fourth-order valence-corrected chi connectivity index (χ4v) is 5.12. The van der Waals surface area contributed by atoms with Crippen molar-refractivity contribution in [3.8, 4) is 0 Å². The summed E-state index contributed by atoms with van der Waals surface area (Å²) in [6, 6.07) is 20.7. The minimum Gasteiger partial charge on any atom is -0.379 e. The molecule has 3 atom stereocenters. The number of hydrogen-bond donors (Lipinski definition) is 2. The van der Waals surface area contributed by atoms with Crippen molar-refractivity contribution in [3.05, 3.63) is 60.2 Å². The maximum absolute atomic E-state index is 5.97. The molecular weight excluding hydrogens is 424 g/mol. The highest BCUT2D eigenvalue weighted by atomic mass is 16.5. The Morgan fingerprint density at radius 2 is 1.29 bits per heavy atom.